The number of rotatable bonds is 4. The van der Waals surface area contributed by atoms with Gasteiger partial charge in [-0.15, -0.1) is 0 Å². The van der Waals surface area contributed by atoms with E-state index in [0.717, 1.165) is 5.56 Å². The number of benzene rings is 2. The van der Waals surface area contributed by atoms with Gasteiger partial charge in [-0.1, -0.05) is 30.3 Å². The summed E-state index contributed by atoms with van der Waals surface area (Å²) < 4.78 is 5.29. The van der Waals surface area contributed by atoms with Crippen molar-refractivity contribution >= 4 is 29.5 Å². The zero-order valence-corrected chi connectivity index (χ0v) is 14.1. The molecule has 1 amide bonds. The van der Waals surface area contributed by atoms with Crippen molar-refractivity contribution in [2.75, 3.05) is 4.90 Å². The van der Waals surface area contributed by atoms with Crippen LogP contribution in [0.2, 0.25) is 0 Å². The van der Waals surface area contributed by atoms with Crippen LogP contribution in [-0.4, -0.2) is 22.8 Å². The van der Waals surface area contributed by atoms with Crippen LogP contribution in [0.3, 0.4) is 0 Å². The third-order valence-electron chi connectivity index (χ3n) is 4.09. The van der Waals surface area contributed by atoms with Crippen molar-refractivity contribution in [2.45, 2.75) is 0 Å². The highest BCUT2D eigenvalue weighted by Crippen LogP contribution is 2.28. The highest BCUT2D eigenvalue weighted by Gasteiger charge is 2.32. The van der Waals surface area contributed by atoms with E-state index in [0.29, 0.717) is 17.3 Å². The highest BCUT2D eigenvalue weighted by atomic mass is 16.4. The summed E-state index contributed by atoms with van der Waals surface area (Å²) in [6.07, 6.45) is 3.10. The number of anilines is 1. The Balaban J connectivity index is 1.80. The van der Waals surface area contributed by atoms with Crippen LogP contribution in [0.1, 0.15) is 21.7 Å². The second-order valence-corrected chi connectivity index (χ2v) is 5.84. The lowest BCUT2D eigenvalue weighted by Crippen LogP contribution is -2.32. The lowest BCUT2D eigenvalue weighted by molar-refractivity contribution is -0.113. The normalized spacial score (nSPS) is 15.3. The van der Waals surface area contributed by atoms with E-state index < -0.39 is 5.97 Å². The molecular formula is C21H14N2O4. The number of carboxylic acid groups (broad SMARTS) is 1. The minimum Gasteiger partial charge on any atom is -0.478 e. The first kappa shape index (κ1) is 16.5. The van der Waals surface area contributed by atoms with Gasteiger partial charge in [0.15, 0.2) is 0 Å². The molecule has 1 N–H and O–H groups in total. The first-order valence-electron chi connectivity index (χ1n) is 8.20. The fourth-order valence-corrected chi connectivity index (χ4v) is 2.80. The molecule has 0 fully saturated rings. The molecule has 0 spiro atoms. The molecule has 132 valence electrons. The van der Waals surface area contributed by atoms with Crippen molar-refractivity contribution in [1.29, 1.82) is 0 Å². The SMILES string of the molecule is O=C(O)c1ccc(N2C(=O)/C(=C\c3ccco3)N=C2c2ccccc2)cc1. The van der Waals surface area contributed by atoms with E-state index in [9.17, 15) is 9.59 Å². The van der Waals surface area contributed by atoms with E-state index in [4.69, 9.17) is 9.52 Å². The van der Waals surface area contributed by atoms with Gasteiger partial charge in [0.2, 0.25) is 0 Å². The molecule has 2 aromatic carbocycles. The number of hydrogen-bond donors (Lipinski definition) is 1. The highest BCUT2D eigenvalue weighted by molar-refractivity contribution is 6.33. The number of aliphatic imine (C=N–C) groups is 1. The maximum Gasteiger partial charge on any atom is 0.335 e. The first-order valence-corrected chi connectivity index (χ1v) is 8.20. The molecule has 27 heavy (non-hydrogen) atoms. The third kappa shape index (κ3) is 3.16. The number of aromatic carboxylic acids is 1. The number of hydrogen-bond acceptors (Lipinski definition) is 4. The summed E-state index contributed by atoms with van der Waals surface area (Å²) >= 11 is 0. The topological polar surface area (TPSA) is 83.1 Å². The zero-order valence-electron chi connectivity index (χ0n) is 14.1. The lowest BCUT2D eigenvalue weighted by atomic mass is 10.1. The molecule has 0 unspecified atom stereocenters. The number of carboxylic acids is 1. The molecule has 0 bridgehead atoms. The van der Waals surface area contributed by atoms with Crippen molar-refractivity contribution in [3.8, 4) is 0 Å². The molecule has 4 rings (SSSR count). The van der Waals surface area contributed by atoms with Gasteiger partial charge in [-0.2, -0.15) is 0 Å². The maximum absolute atomic E-state index is 13.0. The van der Waals surface area contributed by atoms with Crippen LogP contribution in [0.5, 0.6) is 0 Å². The van der Waals surface area contributed by atoms with Crippen LogP contribution in [0, 0.1) is 0 Å². The molecule has 0 atom stereocenters. The molecule has 0 radical (unpaired) electrons. The molecule has 1 aromatic heterocycles. The summed E-state index contributed by atoms with van der Waals surface area (Å²) in [6, 6.07) is 18.9. The van der Waals surface area contributed by atoms with Crippen molar-refractivity contribution in [3.63, 3.8) is 0 Å². The first-order chi connectivity index (χ1) is 13.1. The predicted octanol–water partition coefficient (Wildman–Crippen LogP) is 3.81. The molecule has 1 aliphatic rings. The van der Waals surface area contributed by atoms with E-state index in [-0.39, 0.29) is 17.2 Å². The van der Waals surface area contributed by atoms with Gasteiger partial charge in [-0.25, -0.2) is 9.79 Å². The van der Waals surface area contributed by atoms with E-state index >= 15 is 0 Å². The summed E-state index contributed by atoms with van der Waals surface area (Å²) in [4.78, 5) is 30.1. The number of carbonyl (C=O) groups is 2. The summed E-state index contributed by atoms with van der Waals surface area (Å²) in [5.74, 6) is -0.336. The number of amides is 1. The quantitative estimate of drug-likeness (QED) is 0.719. The standard InChI is InChI=1S/C21H14N2O4/c24-20-18(13-17-7-4-12-27-17)22-19(14-5-2-1-3-6-14)23(20)16-10-8-15(9-11-16)21(25)26/h1-13H,(H,25,26)/b18-13+. The Morgan fingerprint density at radius 2 is 1.74 bits per heavy atom. The number of furan rings is 1. The van der Waals surface area contributed by atoms with E-state index in [1.165, 1.54) is 23.3 Å². The smallest absolute Gasteiger partial charge is 0.335 e. The Kier molecular flexibility index (Phi) is 4.14. The number of amidine groups is 1. The van der Waals surface area contributed by atoms with Crippen molar-refractivity contribution in [2.24, 2.45) is 4.99 Å². The minimum absolute atomic E-state index is 0.148. The molecule has 0 saturated heterocycles. The largest absolute Gasteiger partial charge is 0.478 e. The lowest BCUT2D eigenvalue weighted by Gasteiger charge is -2.18. The molecule has 6 heteroatoms. The monoisotopic (exact) mass is 358 g/mol. The Morgan fingerprint density at radius 3 is 2.37 bits per heavy atom. The van der Waals surface area contributed by atoms with Crippen LogP contribution in [0.25, 0.3) is 6.08 Å². The summed E-state index contributed by atoms with van der Waals surface area (Å²) in [7, 11) is 0. The van der Waals surface area contributed by atoms with Gasteiger partial charge < -0.3 is 9.52 Å². The zero-order chi connectivity index (χ0) is 18.8. The van der Waals surface area contributed by atoms with Gasteiger partial charge in [-0.05, 0) is 36.4 Å². The van der Waals surface area contributed by atoms with Crippen molar-refractivity contribution < 1.29 is 19.1 Å². The Morgan fingerprint density at radius 1 is 1.00 bits per heavy atom. The van der Waals surface area contributed by atoms with Crippen LogP contribution >= 0.6 is 0 Å². The Bertz CT molecular complexity index is 1050. The Labute approximate surface area is 154 Å². The molecule has 0 aliphatic carbocycles. The van der Waals surface area contributed by atoms with Crippen LogP contribution in [0.4, 0.5) is 5.69 Å². The maximum atomic E-state index is 13.0. The van der Waals surface area contributed by atoms with Gasteiger partial charge >= 0.3 is 5.97 Å². The van der Waals surface area contributed by atoms with E-state index in [1.807, 2.05) is 30.3 Å². The molecule has 2 heterocycles. The van der Waals surface area contributed by atoms with Crippen molar-refractivity contribution in [3.05, 3.63) is 95.6 Å². The molecule has 3 aromatic rings. The van der Waals surface area contributed by atoms with Gasteiger partial charge in [0.05, 0.1) is 17.5 Å². The molecular weight excluding hydrogens is 344 g/mol. The minimum atomic E-state index is -1.02. The predicted molar refractivity (Wildman–Crippen MR) is 101 cm³/mol. The van der Waals surface area contributed by atoms with Gasteiger partial charge in [0.25, 0.3) is 5.91 Å². The average Bonchev–Trinajstić information content (AvgIpc) is 3.31. The van der Waals surface area contributed by atoms with Crippen LogP contribution in [-0.2, 0) is 4.79 Å². The summed E-state index contributed by atoms with van der Waals surface area (Å²) in [5, 5.41) is 9.08. The average molecular weight is 358 g/mol. The molecule has 1 aliphatic heterocycles. The Hall–Kier alpha value is -3.93. The second kappa shape index (κ2) is 6.76. The van der Waals surface area contributed by atoms with Crippen molar-refractivity contribution in [1.82, 2.24) is 0 Å². The van der Waals surface area contributed by atoms with Gasteiger partial charge in [0, 0.05) is 11.6 Å². The number of nitrogens with zero attached hydrogens (tertiary/aromatic N) is 2. The third-order valence-corrected chi connectivity index (χ3v) is 4.09. The second-order valence-electron chi connectivity index (χ2n) is 5.84. The molecule has 6 nitrogen and oxygen atoms in total. The van der Waals surface area contributed by atoms with Crippen LogP contribution in [0.15, 0.2) is 88.1 Å². The summed E-state index contributed by atoms with van der Waals surface area (Å²) in [6.45, 7) is 0. The van der Waals surface area contributed by atoms with E-state index in [1.54, 1.807) is 30.3 Å². The van der Waals surface area contributed by atoms with Crippen LogP contribution < -0.4 is 4.90 Å². The van der Waals surface area contributed by atoms with Gasteiger partial charge in [0.1, 0.15) is 17.3 Å². The molecule has 0 saturated carbocycles. The fraction of sp³-hybridized carbons (Fsp3) is 0. The fourth-order valence-electron chi connectivity index (χ4n) is 2.80. The summed E-state index contributed by atoms with van der Waals surface area (Å²) in [5.41, 5.74) is 1.70. The van der Waals surface area contributed by atoms with Gasteiger partial charge in [-0.3, -0.25) is 9.69 Å². The number of carbonyl (C=O) groups excluding carboxylic acids is 1. The van der Waals surface area contributed by atoms with E-state index in [2.05, 4.69) is 4.99 Å².